The predicted molar refractivity (Wildman–Crippen MR) is 125 cm³/mol. The smallest absolute Gasteiger partial charge is 0.258 e. The molecule has 1 aliphatic carbocycles. The maximum atomic E-state index is 13.5. The van der Waals surface area contributed by atoms with E-state index in [-0.39, 0.29) is 55.4 Å². The lowest BCUT2D eigenvalue weighted by Crippen LogP contribution is -2.45. The minimum absolute atomic E-state index is 0.00340. The maximum absolute atomic E-state index is 13.5. The van der Waals surface area contributed by atoms with E-state index in [0.717, 1.165) is 37.7 Å². The highest BCUT2D eigenvalue weighted by atomic mass is 16.5. The van der Waals surface area contributed by atoms with Crippen molar-refractivity contribution in [1.29, 1.82) is 0 Å². The van der Waals surface area contributed by atoms with Gasteiger partial charge in [0, 0.05) is 30.5 Å². The van der Waals surface area contributed by atoms with Crippen molar-refractivity contribution in [3.05, 3.63) is 34.4 Å². The average Bonchev–Trinajstić information content (AvgIpc) is 2.72. The van der Waals surface area contributed by atoms with E-state index >= 15 is 0 Å². The van der Waals surface area contributed by atoms with E-state index in [4.69, 9.17) is 4.74 Å². The lowest BCUT2D eigenvalue weighted by atomic mass is 9.67. The Morgan fingerprint density at radius 2 is 1.91 bits per heavy atom. The molecule has 0 saturated heterocycles. The molecular formula is C26H39NO5. The normalized spacial score (nSPS) is 21.2. The lowest BCUT2D eigenvalue weighted by molar-refractivity contribution is 0.0106. The number of nitrogens with zero attached hydrogens (tertiary/aromatic N) is 1. The molecule has 0 radical (unpaired) electrons. The van der Waals surface area contributed by atoms with Gasteiger partial charge in [0.25, 0.3) is 5.91 Å². The van der Waals surface area contributed by atoms with E-state index in [9.17, 15) is 20.1 Å². The van der Waals surface area contributed by atoms with Gasteiger partial charge in [-0.2, -0.15) is 0 Å². The number of hydrogen-bond donors (Lipinski definition) is 3. The van der Waals surface area contributed by atoms with Gasteiger partial charge < -0.3 is 25.0 Å². The number of fused-ring (bicyclic) bond motifs is 3. The standard InChI is InChI=1S/C26H39NO5/c1-5-6-7-8-18-16-21-23(19-15-17(2)9-10-20(19)26(3,4)32-21)24(30)22(18)25(31)27(11-13-28)12-14-29/h15-16,19-20,28-30H,5-14H2,1-4H3. The molecule has 1 aromatic rings. The number of unbranched alkanes of at least 4 members (excludes halogenated alkanes) is 2. The first-order chi connectivity index (χ1) is 15.2. The largest absolute Gasteiger partial charge is 0.507 e. The summed E-state index contributed by atoms with van der Waals surface area (Å²) >= 11 is 0. The number of aromatic hydroxyl groups is 1. The number of phenolic OH excluding ortho intramolecular Hbond substituents is 1. The van der Waals surface area contributed by atoms with Gasteiger partial charge in [-0.05, 0) is 58.1 Å². The first-order valence-electron chi connectivity index (χ1n) is 12.0. The fraction of sp³-hybridized carbons (Fsp3) is 0.654. The Balaban J connectivity index is 2.16. The molecule has 2 unspecified atom stereocenters. The summed E-state index contributed by atoms with van der Waals surface area (Å²) in [4.78, 5) is 14.9. The summed E-state index contributed by atoms with van der Waals surface area (Å²) in [5, 5.41) is 30.4. The van der Waals surface area contributed by atoms with E-state index in [0.29, 0.717) is 23.3 Å². The molecule has 1 aliphatic heterocycles. The molecular weight excluding hydrogens is 406 g/mol. The molecule has 178 valence electrons. The number of rotatable bonds is 9. The third-order valence-corrected chi connectivity index (χ3v) is 7.02. The van der Waals surface area contributed by atoms with Gasteiger partial charge in [-0.3, -0.25) is 4.79 Å². The molecule has 0 spiro atoms. The summed E-state index contributed by atoms with van der Waals surface area (Å²) < 4.78 is 6.45. The van der Waals surface area contributed by atoms with Crippen molar-refractivity contribution in [1.82, 2.24) is 4.90 Å². The van der Waals surface area contributed by atoms with Crippen LogP contribution in [0.5, 0.6) is 11.5 Å². The van der Waals surface area contributed by atoms with Crippen molar-refractivity contribution in [2.45, 2.75) is 77.7 Å². The molecule has 0 bridgehead atoms. The summed E-state index contributed by atoms with van der Waals surface area (Å²) in [6, 6.07) is 1.95. The molecule has 1 aromatic carbocycles. The van der Waals surface area contributed by atoms with Crippen LogP contribution in [0, 0.1) is 5.92 Å². The number of carbonyl (C=O) groups is 1. The van der Waals surface area contributed by atoms with Crippen LogP contribution in [0.25, 0.3) is 0 Å². The second-order valence-electron chi connectivity index (χ2n) is 9.76. The number of phenols is 1. The predicted octanol–water partition coefficient (Wildman–Crippen LogP) is 4.16. The molecule has 3 rings (SSSR count). The minimum atomic E-state index is -0.368. The molecule has 0 fully saturated rings. The summed E-state index contributed by atoms with van der Waals surface area (Å²) in [7, 11) is 0. The Morgan fingerprint density at radius 3 is 2.53 bits per heavy atom. The van der Waals surface area contributed by atoms with Crippen molar-refractivity contribution >= 4 is 5.91 Å². The van der Waals surface area contributed by atoms with Crippen LogP contribution in [0.3, 0.4) is 0 Å². The van der Waals surface area contributed by atoms with Gasteiger partial charge >= 0.3 is 0 Å². The molecule has 1 amide bonds. The zero-order valence-corrected chi connectivity index (χ0v) is 20.0. The van der Waals surface area contributed by atoms with Crippen molar-refractivity contribution in [3.8, 4) is 11.5 Å². The highest BCUT2D eigenvalue weighted by Crippen LogP contribution is 2.54. The van der Waals surface area contributed by atoms with Crippen LogP contribution in [0.2, 0.25) is 0 Å². The fourth-order valence-electron chi connectivity index (χ4n) is 5.33. The summed E-state index contributed by atoms with van der Waals surface area (Å²) in [6.45, 7) is 8.28. The number of benzene rings is 1. The third-order valence-electron chi connectivity index (χ3n) is 7.02. The Kier molecular flexibility index (Phi) is 7.88. The number of aliphatic hydroxyl groups excluding tert-OH is 2. The van der Waals surface area contributed by atoms with Crippen LogP contribution in [0.4, 0.5) is 0 Å². The highest BCUT2D eigenvalue weighted by molar-refractivity contribution is 5.99. The molecule has 1 heterocycles. The zero-order valence-electron chi connectivity index (χ0n) is 20.0. The average molecular weight is 446 g/mol. The molecule has 3 N–H and O–H groups in total. The Labute approximate surface area is 191 Å². The van der Waals surface area contributed by atoms with Gasteiger partial charge in [-0.25, -0.2) is 0 Å². The Bertz CT molecular complexity index is 854. The number of hydrogen-bond acceptors (Lipinski definition) is 5. The van der Waals surface area contributed by atoms with Crippen LogP contribution in [0.15, 0.2) is 17.7 Å². The highest BCUT2D eigenvalue weighted by Gasteiger charge is 2.46. The van der Waals surface area contributed by atoms with Gasteiger partial charge in [-0.15, -0.1) is 0 Å². The number of aryl methyl sites for hydroxylation is 1. The number of ether oxygens (including phenoxy) is 1. The van der Waals surface area contributed by atoms with E-state index in [2.05, 4.69) is 33.8 Å². The summed E-state index contributed by atoms with van der Waals surface area (Å²) in [6.07, 6.45) is 7.85. The molecule has 2 aliphatic rings. The quantitative estimate of drug-likeness (QED) is 0.392. The van der Waals surface area contributed by atoms with Crippen LogP contribution < -0.4 is 4.74 Å². The maximum Gasteiger partial charge on any atom is 0.258 e. The monoisotopic (exact) mass is 445 g/mol. The SMILES string of the molecule is CCCCCc1cc2c(c(O)c1C(=O)N(CCO)CCO)C1C=C(C)CCC1C(C)(C)O2. The fourth-order valence-corrected chi connectivity index (χ4v) is 5.33. The molecule has 6 nitrogen and oxygen atoms in total. The molecule has 0 aromatic heterocycles. The van der Waals surface area contributed by atoms with E-state index in [1.165, 1.54) is 10.5 Å². The second kappa shape index (κ2) is 10.3. The van der Waals surface area contributed by atoms with Crippen LogP contribution >= 0.6 is 0 Å². The van der Waals surface area contributed by atoms with Gasteiger partial charge in [-0.1, -0.05) is 31.4 Å². The zero-order chi connectivity index (χ0) is 23.5. The van der Waals surface area contributed by atoms with Crippen molar-refractivity contribution in [2.75, 3.05) is 26.3 Å². The van der Waals surface area contributed by atoms with E-state index < -0.39 is 0 Å². The molecule has 6 heteroatoms. The van der Waals surface area contributed by atoms with Gasteiger partial charge in [0.2, 0.25) is 0 Å². The van der Waals surface area contributed by atoms with E-state index in [1.807, 2.05) is 6.07 Å². The van der Waals surface area contributed by atoms with Gasteiger partial charge in [0.15, 0.2) is 0 Å². The number of allylic oxidation sites excluding steroid dienone is 2. The molecule has 0 saturated carbocycles. The van der Waals surface area contributed by atoms with Crippen molar-refractivity contribution in [2.24, 2.45) is 5.92 Å². The summed E-state index contributed by atoms with van der Waals surface area (Å²) in [5.74, 6) is 0.514. The second-order valence-corrected chi connectivity index (χ2v) is 9.76. The van der Waals surface area contributed by atoms with Crippen molar-refractivity contribution < 1.29 is 24.9 Å². The molecule has 32 heavy (non-hydrogen) atoms. The number of aliphatic hydroxyl groups is 2. The van der Waals surface area contributed by atoms with Crippen molar-refractivity contribution in [3.63, 3.8) is 0 Å². The number of amides is 1. The first-order valence-corrected chi connectivity index (χ1v) is 12.0. The topological polar surface area (TPSA) is 90.2 Å². The van der Waals surface area contributed by atoms with Gasteiger partial charge in [0.1, 0.15) is 17.1 Å². The van der Waals surface area contributed by atoms with Gasteiger partial charge in [0.05, 0.1) is 18.8 Å². The Hall–Kier alpha value is -2.05. The van der Waals surface area contributed by atoms with Crippen LogP contribution in [-0.4, -0.2) is 58.0 Å². The molecule has 2 atom stereocenters. The minimum Gasteiger partial charge on any atom is -0.507 e. The summed E-state index contributed by atoms with van der Waals surface area (Å²) in [5.41, 5.74) is 2.68. The van der Waals surface area contributed by atoms with Crippen LogP contribution in [0.1, 0.15) is 87.2 Å². The third kappa shape index (κ3) is 4.81. The number of carbonyl (C=O) groups excluding carboxylic acids is 1. The first kappa shape index (κ1) is 24.6. The van der Waals surface area contributed by atoms with E-state index in [1.54, 1.807) is 0 Å². The van der Waals surface area contributed by atoms with Crippen LogP contribution in [-0.2, 0) is 6.42 Å². The lowest BCUT2D eigenvalue weighted by Gasteiger charge is -2.46. The Morgan fingerprint density at radius 1 is 1.22 bits per heavy atom.